The molecular formula is C16H24ClNO3. The number of rotatable bonds is 4. The summed E-state index contributed by atoms with van der Waals surface area (Å²) in [7, 11) is 1.41. The van der Waals surface area contributed by atoms with Crippen LogP contribution in [-0.2, 0) is 9.53 Å². The van der Waals surface area contributed by atoms with Crippen molar-refractivity contribution in [3.8, 4) is 5.75 Å². The number of hydrogen-bond donors (Lipinski definition) is 1. The van der Waals surface area contributed by atoms with Crippen LogP contribution in [0.1, 0.15) is 37.3 Å². The number of methoxy groups -OCH3 is 1. The summed E-state index contributed by atoms with van der Waals surface area (Å²) in [5.41, 5.74) is 2.39. The summed E-state index contributed by atoms with van der Waals surface area (Å²) in [6.45, 7) is 7.04. The Kier molecular flexibility index (Phi) is 6.49. The molecule has 1 aromatic rings. The van der Waals surface area contributed by atoms with Gasteiger partial charge in [-0.25, -0.2) is 0 Å². The largest absolute Gasteiger partial charge is 0.489 e. The standard InChI is InChI=1S/C16H23NO3.ClH/c1-10(2)12-6-5-11(3)15(7-12)20-13-8-14(17-9-13)16(18)19-4;/h5-7,10,13-14,17H,8-9H2,1-4H3;1H/t13-,14-;/m0./s1. The molecule has 0 spiro atoms. The van der Waals surface area contributed by atoms with E-state index in [1.807, 2.05) is 6.92 Å². The highest BCUT2D eigenvalue weighted by molar-refractivity contribution is 5.85. The lowest BCUT2D eigenvalue weighted by Gasteiger charge is -2.17. The van der Waals surface area contributed by atoms with Crippen LogP contribution >= 0.6 is 12.4 Å². The summed E-state index contributed by atoms with van der Waals surface area (Å²) in [6, 6.07) is 6.08. The predicted molar refractivity (Wildman–Crippen MR) is 85.4 cm³/mol. The zero-order chi connectivity index (χ0) is 14.7. The van der Waals surface area contributed by atoms with Gasteiger partial charge in [0.05, 0.1) is 7.11 Å². The van der Waals surface area contributed by atoms with Gasteiger partial charge in [0.25, 0.3) is 0 Å². The Morgan fingerprint density at radius 2 is 2.10 bits per heavy atom. The number of esters is 1. The van der Waals surface area contributed by atoms with Crippen LogP contribution in [0.15, 0.2) is 18.2 Å². The smallest absolute Gasteiger partial charge is 0.323 e. The molecule has 1 saturated heterocycles. The first kappa shape index (κ1) is 17.8. The molecule has 1 fully saturated rings. The fraction of sp³-hybridized carbons (Fsp3) is 0.562. The van der Waals surface area contributed by atoms with Crippen molar-refractivity contribution >= 4 is 18.4 Å². The normalized spacial score (nSPS) is 21.0. The van der Waals surface area contributed by atoms with Gasteiger partial charge in [-0.05, 0) is 30.0 Å². The molecule has 1 aliphatic heterocycles. The first-order valence-corrected chi connectivity index (χ1v) is 7.09. The van der Waals surface area contributed by atoms with Crippen LogP contribution in [-0.4, -0.2) is 31.8 Å². The lowest BCUT2D eigenvalue weighted by Crippen LogP contribution is -2.31. The van der Waals surface area contributed by atoms with E-state index in [4.69, 9.17) is 9.47 Å². The van der Waals surface area contributed by atoms with Gasteiger partial charge in [0.2, 0.25) is 0 Å². The molecule has 5 heteroatoms. The van der Waals surface area contributed by atoms with Gasteiger partial charge < -0.3 is 14.8 Å². The molecule has 0 amide bonds. The lowest BCUT2D eigenvalue weighted by molar-refractivity contribution is -0.142. The van der Waals surface area contributed by atoms with Crippen molar-refractivity contribution in [1.29, 1.82) is 0 Å². The highest BCUT2D eigenvalue weighted by Crippen LogP contribution is 2.26. The molecule has 0 unspecified atom stereocenters. The molecule has 1 aromatic carbocycles. The highest BCUT2D eigenvalue weighted by Gasteiger charge is 2.31. The van der Waals surface area contributed by atoms with Gasteiger partial charge >= 0.3 is 5.97 Å². The van der Waals surface area contributed by atoms with Crippen molar-refractivity contribution in [1.82, 2.24) is 5.32 Å². The van der Waals surface area contributed by atoms with Crippen molar-refractivity contribution in [3.05, 3.63) is 29.3 Å². The van der Waals surface area contributed by atoms with Crippen molar-refractivity contribution < 1.29 is 14.3 Å². The zero-order valence-electron chi connectivity index (χ0n) is 13.0. The molecule has 0 saturated carbocycles. The first-order chi connectivity index (χ1) is 9.51. The molecule has 21 heavy (non-hydrogen) atoms. The fourth-order valence-electron chi connectivity index (χ4n) is 2.40. The maximum atomic E-state index is 11.5. The van der Waals surface area contributed by atoms with E-state index in [0.29, 0.717) is 18.9 Å². The van der Waals surface area contributed by atoms with Gasteiger partial charge in [-0.15, -0.1) is 12.4 Å². The third-order valence-electron chi connectivity index (χ3n) is 3.75. The Hall–Kier alpha value is -1.26. The highest BCUT2D eigenvalue weighted by atomic mass is 35.5. The van der Waals surface area contributed by atoms with Gasteiger partial charge in [0, 0.05) is 13.0 Å². The molecule has 1 heterocycles. The van der Waals surface area contributed by atoms with Crippen LogP contribution in [0.3, 0.4) is 0 Å². The Morgan fingerprint density at radius 3 is 2.71 bits per heavy atom. The molecule has 4 nitrogen and oxygen atoms in total. The van der Waals surface area contributed by atoms with Crippen LogP contribution < -0.4 is 10.1 Å². The van der Waals surface area contributed by atoms with Crippen molar-refractivity contribution in [2.45, 2.75) is 45.3 Å². The Labute approximate surface area is 132 Å². The second-order valence-electron chi connectivity index (χ2n) is 5.64. The molecule has 1 N–H and O–H groups in total. The molecule has 0 aromatic heterocycles. The number of nitrogens with one attached hydrogen (secondary N) is 1. The van der Waals surface area contributed by atoms with E-state index in [-0.39, 0.29) is 30.5 Å². The van der Waals surface area contributed by atoms with Gasteiger partial charge in [0.15, 0.2) is 0 Å². The fourth-order valence-corrected chi connectivity index (χ4v) is 2.40. The summed E-state index contributed by atoms with van der Waals surface area (Å²) in [4.78, 5) is 11.5. The topological polar surface area (TPSA) is 47.6 Å². The number of benzene rings is 1. The molecule has 1 aliphatic rings. The Balaban J connectivity index is 0.00000220. The van der Waals surface area contributed by atoms with E-state index < -0.39 is 0 Å². The predicted octanol–water partition coefficient (Wildman–Crippen LogP) is 2.82. The summed E-state index contributed by atoms with van der Waals surface area (Å²) >= 11 is 0. The van der Waals surface area contributed by atoms with Gasteiger partial charge in [-0.3, -0.25) is 4.79 Å². The molecular weight excluding hydrogens is 290 g/mol. The van der Waals surface area contributed by atoms with E-state index in [1.165, 1.54) is 12.7 Å². The minimum Gasteiger partial charge on any atom is -0.489 e. The SMILES string of the molecule is COC(=O)[C@@H]1C[C@H](Oc2cc(C(C)C)ccc2C)CN1.Cl. The quantitative estimate of drug-likeness (QED) is 0.868. The lowest BCUT2D eigenvalue weighted by atomic mass is 10.0. The summed E-state index contributed by atoms with van der Waals surface area (Å²) in [5.74, 6) is 1.17. The third-order valence-corrected chi connectivity index (χ3v) is 3.75. The van der Waals surface area contributed by atoms with E-state index in [9.17, 15) is 4.79 Å². The van der Waals surface area contributed by atoms with E-state index in [0.717, 1.165) is 11.3 Å². The van der Waals surface area contributed by atoms with Crippen LogP contribution in [0.4, 0.5) is 0 Å². The van der Waals surface area contributed by atoms with Crippen molar-refractivity contribution in [2.75, 3.05) is 13.7 Å². The Morgan fingerprint density at radius 1 is 1.38 bits per heavy atom. The maximum Gasteiger partial charge on any atom is 0.323 e. The average Bonchev–Trinajstić information content (AvgIpc) is 2.88. The minimum atomic E-state index is -0.251. The molecule has 2 rings (SSSR count). The summed E-state index contributed by atoms with van der Waals surface area (Å²) in [6.07, 6.45) is 0.665. The monoisotopic (exact) mass is 313 g/mol. The third kappa shape index (κ3) is 4.35. The van der Waals surface area contributed by atoms with Crippen LogP contribution in [0.5, 0.6) is 5.75 Å². The van der Waals surface area contributed by atoms with E-state index in [2.05, 4.69) is 37.4 Å². The van der Waals surface area contributed by atoms with Crippen LogP contribution in [0.25, 0.3) is 0 Å². The number of hydrogen-bond acceptors (Lipinski definition) is 4. The van der Waals surface area contributed by atoms with Gasteiger partial charge in [-0.2, -0.15) is 0 Å². The van der Waals surface area contributed by atoms with Gasteiger partial charge in [0.1, 0.15) is 17.9 Å². The summed E-state index contributed by atoms with van der Waals surface area (Å²) in [5, 5.41) is 3.13. The number of halogens is 1. The number of ether oxygens (including phenoxy) is 2. The number of carbonyl (C=O) groups is 1. The summed E-state index contributed by atoms with van der Waals surface area (Å²) < 4.78 is 10.8. The molecule has 0 bridgehead atoms. The Bertz CT molecular complexity index is 490. The van der Waals surface area contributed by atoms with Crippen molar-refractivity contribution in [3.63, 3.8) is 0 Å². The van der Waals surface area contributed by atoms with E-state index in [1.54, 1.807) is 0 Å². The zero-order valence-corrected chi connectivity index (χ0v) is 13.8. The molecule has 0 radical (unpaired) electrons. The van der Waals surface area contributed by atoms with E-state index >= 15 is 0 Å². The molecule has 118 valence electrons. The van der Waals surface area contributed by atoms with Crippen LogP contribution in [0.2, 0.25) is 0 Å². The maximum absolute atomic E-state index is 11.5. The minimum absolute atomic E-state index is 0. The van der Waals surface area contributed by atoms with Gasteiger partial charge in [-0.1, -0.05) is 26.0 Å². The molecule has 0 aliphatic carbocycles. The second-order valence-corrected chi connectivity index (χ2v) is 5.64. The number of aryl methyl sites for hydroxylation is 1. The van der Waals surface area contributed by atoms with Crippen molar-refractivity contribution in [2.24, 2.45) is 0 Å². The second kappa shape index (κ2) is 7.66. The average molecular weight is 314 g/mol. The first-order valence-electron chi connectivity index (χ1n) is 7.09. The number of carbonyl (C=O) groups excluding carboxylic acids is 1. The molecule has 2 atom stereocenters. The van der Waals surface area contributed by atoms with Crippen LogP contribution in [0, 0.1) is 6.92 Å².